The average molecular weight is 293 g/mol. The van der Waals surface area contributed by atoms with Crippen molar-refractivity contribution in [2.75, 3.05) is 7.05 Å². The molecule has 2 aromatic rings. The third kappa shape index (κ3) is 4.04. The lowest BCUT2D eigenvalue weighted by Crippen LogP contribution is -2.19. The summed E-state index contributed by atoms with van der Waals surface area (Å²) in [5.41, 5.74) is 8.77. The third-order valence-electron chi connectivity index (χ3n) is 3.19. The smallest absolute Gasteiger partial charge is 0.123 e. The maximum atomic E-state index is 13.3. The molecule has 106 valence electrons. The van der Waals surface area contributed by atoms with Crippen molar-refractivity contribution in [2.24, 2.45) is 5.73 Å². The second-order valence-corrected chi connectivity index (χ2v) is 5.35. The number of hydrogen-bond acceptors (Lipinski definition) is 2. The van der Waals surface area contributed by atoms with E-state index in [0.717, 1.165) is 22.7 Å². The van der Waals surface area contributed by atoms with E-state index in [2.05, 4.69) is 4.90 Å². The number of hydrogen-bond donors (Lipinski definition) is 1. The van der Waals surface area contributed by atoms with E-state index in [1.807, 2.05) is 31.3 Å². The van der Waals surface area contributed by atoms with E-state index in [4.69, 9.17) is 17.3 Å². The largest absolute Gasteiger partial charge is 0.326 e. The molecule has 0 aromatic heterocycles. The van der Waals surface area contributed by atoms with Gasteiger partial charge in [-0.1, -0.05) is 29.8 Å². The maximum Gasteiger partial charge on any atom is 0.123 e. The molecule has 2 N–H and O–H groups in total. The summed E-state index contributed by atoms with van der Waals surface area (Å²) < 4.78 is 13.3. The Hall–Kier alpha value is -1.42. The molecule has 4 heteroatoms. The fraction of sp³-hybridized carbons (Fsp3) is 0.250. The summed E-state index contributed by atoms with van der Waals surface area (Å²) in [6.45, 7) is 1.86. The highest BCUT2D eigenvalue weighted by Gasteiger charge is 2.07. The van der Waals surface area contributed by atoms with Crippen LogP contribution in [0.4, 0.5) is 4.39 Å². The molecule has 0 unspecified atom stereocenters. The van der Waals surface area contributed by atoms with Crippen LogP contribution in [0.1, 0.15) is 16.7 Å². The predicted molar refractivity (Wildman–Crippen MR) is 80.9 cm³/mol. The molecule has 2 rings (SSSR count). The summed E-state index contributed by atoms with van der Waals surface area (Å²) in [5, 5.41) is 0.729. The molecule has 0 saturated carbocycles. The van der Waals surface area contributed by atoms with E-state index < -0.39 is 0 Å². The summed E-state index contributed by atoms with van der Waals surface area (Å²) >= 11 is 5.87. The molecule has 0 radical (unpaired) electrons. The van der Waals surface area contributed by atoms with Gasteiger partial charge in [-0.05, 0) is 48.0 Å². The van der Waals surface area contributed by atoms with Crippen LogP contribution in [0.15, 0.2) is 42.5 Å². The van der Waals surface area contributed by atoms with Gasteiger partial charge in [0.1, 0.15) is 5.82 Å². The fourth-order valence-corrected chi connectivity index (χ4v) is 2.31. The van der Waals surface area contributed by atoms with Crippen LogP contribution in [0.3, 0.4) is 0 Å². The summed E-state index contributed by atoms with van der Waals surface area (Å²) in [6.07, 6.45) is 0. The molecular formula is C16H18ClFN2. The second-order valence-electron chi connectivity index (χ2n) is 4.92. The molecule has 20 heavy (non-hydrogen) atoms. The van der Waals surface area contributed by atoms with E-state index in [0.29, 0.717) is 13.1 Å². The molecule has 2 aromatic carbocycles. The average Bonchev–Trinajstić information content (AvgIpc) is 2.41. The number of rotatable bonds is 5. The lowest BCUT2D eigenvalue weighted by Gasteiger charge is -2.19. The monoisotopic (exact) mass is 292 g/mol. The van der Waals surface area contributed by atoms with Gasteiger partial charge in [-0.25, -0.2) is 4.39 Å². The van der Waals surface area contributed by atoms with Gasteiger partial charge in [0.25, 0.3) is 0 Å². The molecule has 0 bridgehead atoms. The van der Waals surface area contributed by atoms with Gasteiger partial charge in [-0.2, -0.15) is 0 Å². The van der Waals surface area contributed by atoms with Crippen molar-refractivity contribution in [3.8, 4) is 0 Å². The molecule has 0 heterocycles. The lowest BCUT2D eigenvalue weighted by molar-refractivity contribution is 0.317. The molecule has 0 atom stereocenters. The number of benzene rings is 2. The van der Waals surface area contributed by atoms with Gasteiger partial charge in [0, 0.05) is 24.7 Å². The van der Waals surface area contributed by atoms with E-state index in [-0.39, 0.29) is 5.82 Å². The minimum atomic E-state index is -0.225. The summed E-state index contributed by atoms with van der Waals surface area (Å²) in [6, 6.07) is 12.5. The number of halogens is 2. The van der Waals surface area contributed by atoms with Crippen molar-refractivity contribution in [3.63, 3.8) is 0 Å². The standard InChI is InChI=1S/C16H18ClFN2/c1-20(10-12-2-5-15(17)6-3-12)11-14-8-16(18)7-4-13(14)9-19/h2-8H,9-11,19H2,1H3. The van der Waals surface area contributed by atoms with Crippen molar-refractivity contribution < 1.29 is 4.39 Å². The van der Waals surface area contributed by atoms with Crippen LogP contribution in [0.5, 0.6) is 0 Å². The molecule has 0 aliphatic rings. The van der Waals surface area contributed by atoms with Crippen molar-refractivity contribution in [3.05, 3.63) is 70.0 Å². The van der Waals surface area contributed by atoms with Gasteiger partial charge in [-0.15, -0.1) is 0 Å². The highest BCUT2D eigenvalue weighted by Crippen LogP contribution is 2.15. The Balaban J connectivity index is 2.05. The van der Waals surface area contributed by atoms with E-state index in [1.54, 1.807) is 12.1 Å². The minimum absolute atomic E-state index is 0.225. The quantitative estimate of drug-likeness (QED) is 0.913. The summed E-state index contributed by atoms with van der Waals surface area (Å²) in [7, 11) is 2.00. The molecule has 0 amide bonds. The number of nitrogens with two attached hydrogens (primary N) is 1. The Labute approximate surface area is 124 Å². The predicted octanol–water partition coefficient (Wildman–Crippen LogP) is 3.57. The van der Waals surface area contributed by atoms with Crippen LogP contribution in [0.25, 0.3) is 0 Å². The third-order valence-corrected chi connectivity index (χ3v) is 3.45. The summed E-state index contributed by atoms with van der Waals surface area (Å²) in [4.78, 5) is 2.12. The van der Waals surface area contributed by atoms with Gasteiger partial charge in [0.05, 0.1) is 0 Å². The Bertz CT molecular complexity index is 569. The molecule has 0 aliphatic carbocycles. The van der Waals surface area contributed by atoms with Gasteiger partial charge in [0.2, 0.25) is 0 Å². The highest BCUT2D eigenvalue weighted by molar-refractivity contribution is 6.30. The van der Waals surface area contributed by atoms with Crippen molar-refractivity contribution in [1.29, 1.82) is 0 Å². The van der Waals surface area contributed by atoms with Gasteiger partial charge in [0.15, 0.2) is 0 Å². The fourth-order valence-electron chi connectivity index (χ4n) is 2.19. The first kappa shape index (κ1) is 15.0. The minimum Gasteiger partial charge on any atom is -0.326 e. The highest BCUT2D eigenvalue weighted by atomic mass is 35.5. The van der Waals surface area contributed by atoms with Gasteiger partial charge >= 0.3 is 0 Å². The SMILES string of the molecule is CN(Cc1ccc(Cl)cc1)Cc1cc(F)ccc1CN. The Morgan fingerprint density at radius 3 is 2.40 bits per heavy atom. The second kappa shape index (κ2) is 6.84. The zero-order valence-electron chi connectivity index (χ0n) is 11.4. The maximum absolute atomic E-state index is 13.3. The first-order chi connectivity index (χ1) is 9.58. The molecule has 0 aliphatic heterocycles. The van der Waals surface area contributed by atoms with Crippen LogP contribution < -0.4 is 5.73 Å². The molecule has 2 nitrogen and oxygen atoms in total. The van der Waals surface area contributed by atoms with Crippen LogP contribution in [0, 0.1) is 5.82 Å². The van der Waals surface area contributed by atoms with Gasteiger partial charge in [-0.3, -0.25) is 4.90 Å². The molecule has 0 spiro atoms. The Morgan fingerprint density at radius 1 is 1.05 bits per heavy atom. The van der Waals surface area contributed by atoms with Crippen molar-refractivity contribution in [2.45, 2.75) is 19.6 Å². The zero-order chi connectivity index (χ0) is 14.5. The van der Waals surface area contributed by atoms with E-state index >= 15 is 0 Å². The van der Waals surface area contributed by atoms with Gasteiger partial charge < -0.3 is 5.73 Å². The lowest BCUT2D eigenvalue weighted by atomic mass is 10.1. The van der Waals surface area contributed by atoms with Crippen LogP contribution in [-0.4, -0.2) is 11.9 Å². The normalized spacial score (nSPS) is 11.1. The Morgan fingerprint density at radius 2 is 1.75 bits per heavy atom. The van der Waals surface area contributed by atoms with Crippen LogP contribution in [0.2, 0.25) is 5.02 Å². The number of nitrogens with zero attached hydrogens (tertiary/aromatic N) is 1. The Kier molecular flexibility index (Phi) is 5.12. The van der Waals surface area contributed by atoms with Crippen LogP contribution in [-0.2, 0) is 19.6 Å². The van der Waals surface area contributed by atoms with E-state index in [9.17, 15) is 4.39 Å². The molecule has 0 fully saturated rings. The van der Waals surface area contributed by atoms with Crippen molar-refractivity contribution in [1.82, 2.24) is 4.90 Å². The molecular weight excluding hydrogens is 275 g/mol. The first-order valence-corrected chi connectivity index (χ1v) is 6.86. The summed E-state index contributed by atoms with van der Waals surface area (Å²) in [5.74, 6) is -0.225. The topological polar surface area (TPSA) is 29.3 Å². The van der Waals surface area contributed by atoms with Crippen LogP contribution >= 0.6 is 11.6 Å². The van der Waals surface area contributed by atoms with E-state index in [1.165, 1.54) is 11.6 Å². The molecule has 0 saturated heterocycles. The first-order valence-electron chi connectivity index (χ1n) is 6.49. The van der Waals surface area contributed by atoms with Crippen molar-refractivity contribution >= 4 is 11.6 Å². The zero-order valence-corrected chi connectivity index (χ0v) is 12.2.